The third-order valence-electron chi connectivity index (χ3n) is 4.43. The zero-order valence-electron chi connectivity index (χ0n) is 14.6. The molecule has 0 saturated carbocycles. The Morgan fingerprint density at radius 2 is 1.88 bits per heavy atom. The molecule has 0 amide bonds. The largest absolute Gasteiger partial charge is 0.472 e. The first-order valence-corrected chi connectivity index (χ1v) is 9.70. The van der Waals surface area contributed by atoms with E-state index in [2.05, 4.69) is 35.7 Å². The summed E-state index contributed by atoms with van der Waals surface area (Å²) in [5.41, 5.74) is 0.642. The minimum atomic E-state index is -0.748. The second-order valence-electron chi connectivity index (χ2n) is 6.62. The lowest BCUT2D eigenvalue weighted by molar-refractivity contribution is -0.00332. The van der Waals surface area contributed by atoms with Gasteiger partial charge in [0.15, 0.2) is 9.60 Å². The summed E-state index contributed by atoms with van der Waals surface area (Å²) in [5, 5.41) is 3.44. The van der Waals surface area contributed by atoms with Gasteiger partial charge in [-0.05, 0) is 44.2 Å². The maximum atomic E-state index is 12.7. The maximum absolute atomic E-state index is 12.7. The molecule has 0 N–H and O–H groups in total. The predicted octanol–water partition coefficient (Wildman–Crippen LogP) is 6.26. The number of hydrogen-bond acceptors (Lipinski definition) is 3. The molecule has 2 heterocycles. The van der Waals surface area contributed by atoms with Crippen LogP contribution in [-0.4, -0.2) is 5.97 Å². The van der Waals surface area contributed by atoms with Gasteiger partial charge in [0, 0.05) is 33.6 Å². The smallest absolute Gasteiger partial charge is 0.339 e. The molecular formula is C22H19O3S+. The molecule has 0 spiro atoms. The molecule has 0 aliphatic heterocycles. The van der Waals surface area contributed by atoms with Gasteiger partial charge in [-0.15, -0.1) is 0 Å². The molecule has 0 bridgehead atoms. The molecule has 4 heteroatoms. The highest BCUT2D eigenvalue weighted by atomic mass is 32.2. The Morgan fingerprint density at radius 3 is 2.69 bits per heavy atom. The molecule has 0 saturated heterocycles. The monoisotopic (exact) mass is 363 g/mol. The summed E-state index contributed by atoms with van der Waals surface area (Å²) in [5.74, 6) is -0.335. The van der Waals surface area contributed by atoms with Gasteiger partial charge in [0.2, 0.25) is 0 Å². The van der Waals surface area contributed by atoms with Crippen molar-refractivity contribution in [3.63, 3.8) is 0 Å². The van der Waals surface area contributed by atoms with Crippen molar-refractivity contribution < 1.29 is 13.9 Å². The number of carbonyl (C=O) groups excluding carboxylic acids is 1. The van der Waals surface area contributed by atoms with Gasteiger partial charge in [0.1, 0.15) is 11.0 Å². The average molecular weight is 363 g/mol. The van der Waals surface area contributed by atoms with Gasteiger partial charge in [0.25, 0.3) is 0 Å². The molecule has 4 aromatic rings. The lowest BCUT2D eigenvalue weighted by Gasteiger charge is -2.23. The van der Waals surface area contributed by atoms with Crippen LogP contribution in [0, 0.1) is 0 Å². The van der Waals surface area contributed by atoms with Gasteiger partial charge in [-0.1, -0.05) is 18.2 Å². The normalized spacial score (nSPS) is 12.3. The SMILES string of the molecule is CC(C)(OC(=O)c1cccc(-[s+]2ccc3ccccc32)c1)c1ccoc1. The van der Waals surface area contributed by atoms with Gasteiger partial charge >= 0.3 is 5.97 Å². The van der Waals surface area contributed by atoms with Gasteiger partial charge < -0.3 is 9.15 Å². The minimum absolute atomic E-state index is 0.148. The van der Waals surface area contributed by atoms with E-state index in [4.69, 9.17) is 9.15 Å². The molecule has 3 nitrogen and oxygen atoms in total. The molecular weight excluding hydrogens is 344 g/mol. The summed E-state index contributed by atoms with van der Waals surface area (Å²) >= 11 is 0. The van der Waals surface area contributed by atoms with Gasteiger partial charge in [-0.2, -0.15) is 0 Å². The summed E-state index contributed by atoms with van der Waals surface area (Å²) < 4.78 is 12.1. The Morgan fingerprint density at radius 1 is 1.04 bits per heavy atom. The van der Waals surface area contributed by atoms with Crippen LogP contribution in [-0.2, 0) is 10.3 Å². The third kappa shape index (κ3) is 3.04. The molecule has 0 fully saturated rings. The molecule has 0 radical (unpaired) electrons. The van der Waals surface area contributed by atoms with E-state index in [-0.39, 0.29) is 16.4 Å². The number of rotatable bonds is 4. The lowest BCUT2D eigenvalue weighted by Crippen LogP contribution is -2.25. The fourth-order valence-electron chi connectivity index (χ4n) is 2.96. The Bertz CT molecular complexity index is 1060. The number of ether oxygens (including phenoxy) is 1. The number of thiophene rings is 1. The number of carbonyl (C=O) groups is 1. The average Bonchev–Trinajstić information content (AvgIpc) is 3.32. The van der Waals surface area contributed by atoms with Crippen LogP contribution in [0.3, 0.4) is 0 Å². The number of hydrogen-bond donors (Lipinski definition) is 0. The van der Waals surface area contributed by atoms with Crippen LogP contribution < -0.4 is 0 Å². The summed E-state index contributed by atoms with van der Waals surface area (Å²) in [7, 11) is -0.148. The lowest BCUT2D eigenvalue weighted by atomic mass is 10.0. The maximum Gasteiger partial charge on any atom is 0.339 e. The van der Waals surface area contributed by atoms with E-state index in [1.807, 2.05) is 38.1 Å². The Hall–Kier alpha value is -2.85. The van der Waals surface area contributed by atoms with Crippen LogP contribution in [0.2, 0.25) is 0 Å². The zero-order valence-corrected chi connectivity index (χ0v) is 15.5. The summed E-state index contributed by atoms with van der Waals surface area (Å²) in [6.45, 7) is 3.72. The van der Waals surface area contributed by atoms with E-state index >= 15 is 0 Å². The van der Waals surface area contributed by atoms with Crippen molar-refractivity contribution in [3.8, 4) is 4.90 Å². The first-order chi connectivity index (χ1) is 12.5. The van der Waals surface area contributed by atoms with E-state index in [0.29, 0.717) is 5.56 Å². The Labute approximate surface area is 154 Å². The fraction of sp³-hybridized carbons (Fsp3) is 0.136. The van der Waals surface area contributed by atoms with E-state index in [9.17, 15) is 4.79 Å². The minimum Gasteiger partial charge on any atom is -0.472 e. The van der Waals surface area contributed by atoms with E-state index in [1.165, 1.54) is 10.1 Å². The van der Waals surface area contributed by atoms with Crippen LogP contribution in [0.4, 0.5) is 0 Å². The molecule has 26 heavy (non-hydrogen) atoms. The molecule has 0 aliphatic carbocycles. The van der Waals surface area contributed by atoms with Crippen molar-refractivity contribution >= 4 is 26.5 Å². The second kappa shape index (κ2) is 6.46. The van der Waals surface area contributed by atoms with Crippen LogP contribution in [0.1, 0.15) is 29.8 Å². The predicted molar refractivity (Wildman–Crippen MR) is 105 cm³/mol. The molecule has 2 aromatic carbocycles. The molecule has 1 atom stereocenters. The summed E-state index contributed by atoms with van der Waals surface area (Å²) in [6.07, 6.45) is 3.18. The molecule has 2 aromatic heterocycles. The first-order valence-electron chi connectivity index (χ1n) is 8.41. The highest BCUT2D eigenvalue weighted by Crippen LogP contribution is 2.40. The summed E-state index contributed by atoms with van der Waals surface area (Å²) in [4.78, 5) is 13.8. The number of benzene rings is 2. The second-order valence-corrected chi connectivity index (χ2v) is 8.48. The zero-order chi connectivity index (χ0) is 18.1. The van der Waals surface area contributed by atoms with Crippen molar-refractivity contribution in [2.75, 3.05) is 0 Å². The fourth-order valence-corrected chi connectivity index (χ4v) is 4.89. The number of furan rings is 1. The Balaban J connectivity index is 1.64. The van der Waals surface area contributed by atoms with E-state index in [1.54, 1.807) is 18.6 Å². The number of fused-ring (bicyclic) bond motifs is 1. The highest BCUT2D eigenvalue weighted by molar-refractivity contribution is 7.43. The van der Waals surface area contributed by atoms with Crippen molar-refractivity contribution in [2.24, 2.45) is 0 Å². The van der Waals surface area contributed by atoms with Crippen LogP contribution in [0.5, 0.6) is 0 Å². The van der Waals surface area contributed by atoms with Crippen molar-refractivity contribution in [3.05, 3.63) is 89.7 Å². The molecule has 1 unspecified atom stereocenters. The van der Waals surface area contributed by atoms with Gasteiger partial charge in [-0.25, -0.2) is 4.79 Å². The Kier molecular flexibility index (Phi) is 4.13. The van der Waals surface area contributed by atoms with Crippen molar-refractivity contribution in [2.45, 2.75) is 19.4 Å². The first kappa shape index (κ1) is 16.6. The van der Waals surface area contributed by atoms with Crippen LogP contribution in [0.25, 0.3) is 15.0 Å². The number of esters is 1. The third-order valence-corrected chi connectivity index (χ3v) is 6.44. The van der Waals surface area contributed by atoms with Gasteiger partial charge in [-0.3, -0.25) is 0 Å². The standard InChI is InChI=1S/C22H19O3S/c1-22(2,18-10-12-24-15-18)25-21(23)17-7-5-8-19(14-17)26-13-11-16-6-3-4-9-20(16)26/h3-15H,1-2H3/q+1. The van der Waals surface area contributed by atoms with Crippen LogP contribution in [0.15, 0.2) is 83.0 Å². The summed E-state index contributed by atoms with van der Waals surface area (Å²) in [6, 6.07) is 20.0. The molecule has 4 rings (SSSR count). The molecule has 130 valence electrons. The highest BCUT2D eigenvalue weighted by Gasteiger charge is 2.28. The van der Waals surface area contributed by atoms with Crippen molar-refractivity contribution in [1.82, 2.24) is 0 Å². The van der Waals surface area contributed by atoms with E-state index in [0.717, 1.165) is 10.5 Å². The van der Waals surface area contributed by atoms with Crippen molar-refractivity contribution in [1.29, 1.82) is 0 Å². The topological polar surface area (TPSA) is 39.4 Å². The quantitative estimate of drug-likeness (QED) is 0.317. The molecule has 0 aliphatic rings. The van der Waals surface area contributed by atoms with Gasteiger partial charge in [0.05, 0.1) is 18.1 Å². The van der Waals surface area contributed by atoms with Crippen LogP contribution >= 0.6 is 10.5 Å². The van der Waals surface area contributed by atoms with E-state index < -0.39 is 5.60 Å².